The van der Waals surface area contributed by atoms with Gasteiger partial charge in [-0.2, -0.15) is 0 Å². The molecule has 94 valence electrons. The van der Waals surface area contributed by atoms with Crippen LogP contribution in [0.25, 0.3) is 0 Å². The van der Waals surface area contributed by atoms with E-state index in [1.807, 2.05) is 45.9 Å². The highest BCUT2D eigenvalue weighted by atomic mass is 16.3. The standard InChI is InChI=1S/C14H21NO2/c1-10-7-6-8-11(2)12(10)13(17)15(5)14(3,4)9-16/h6-8,16H,9H2,1-5H3. The lowest BCUT2D eigenvalue weighted by Gasteiger charge is -2.34. The zero-order valence-corrected chi connectivity index (χ0v) is 11.2. The Hall–Kier alpha value is -1.35. The molecule has 1 aromatic rings. The molecule has 0 bridgehead atoms. The SMILES string of the molecule is Cc1cccc(C)c1C(=O)N(C)C(C)(C)CO. The van der Waals surface area contributed by atoms with Crippen LogP contribution in [-0.2, 0) is 0 Å². The van der Waals surface area contributed by atoms with Crippen LogP contribution >= 0.6 is 0 Å². The van der Waals surface area contributed by atoms with E-state index in [-0.39, 0.29) is 12.5 Å². The molecule has 0 radical (unpaired) electrons. The van der Waals surface area contributed by atoms with Crippen molar-refractivity contribution >= 4 is 5.91 Å². The first-order valence-electron chi connectivity index (χ1n) is 5.76. The lowest BCUT2D eigenvalue weighted by molar-refractivity contribution is 0.0472. The third-order valence-electron chi connectivity index (χ3n) is 3.29. The number of hydrogen-bond acceptors (Lipinski definition) is 2. The van der Waals surface area contributed by atoms with Crippen molar-refractivity contribution < 1.29 is 9.90 Å². The summed E-state index contributed by atoms with van der Waals surface area (Å²) in [6.45, 7) is 7.50. The minimum Gasteiger partial charge on any atom is -0.394 e. The smallest absolute Gasteiger partial charge is 0.254 e. The van der Waals surface area contributed by atoms with E-state index in [0.29, 0.717) is 0 Å². The highest BCUT2D eigenvalue weighted by molar-refractivity contribution is 5.97. The van der Waals surface area contributed by atoms with Crippen LogP contribution in [0.2, 0.25) is 0 Å². The Balaban J connectivity index is 3.14. The van der Waals surface area contributed by atoms with Gasteiger partial charge in [-0.1, -0.05) is 18.2 Å². The van der Waals surface area contributed by atoms with Crippen molar-refractivity contribution in [1.82, 2.24) is 4.90 Å². The fourth-order valence-corrected chi connectivity index (χ4v) is 1.70. The lowest BCUT2D eigenvalue weighted by Crippen LogP contribution is -2.48. The van der Waals surface area contributed by atoms with E-state index in [4.69, 9.17) is 0 Å². The summed E-state index contributed by atoms with van der Waals surface area (Å²) in [5, 5.41) is 9.30. The number of aliphatic hydroxyl groups excluding tert-OH is 1. The molecular weight excluding hydrogens is 214 g/mol. The largest absolute Gasteiger partial charge is 0.394 e. The second kappa shape index (κ2) is 4.88. The molecule has 17 heavy (non-hydrogen) atoms. The number of likely N-dealkylation sites (N-methyl/N-ethyl adjacent to an activating group) is 1. The number of amides is 1. The van der Waals surface area contributed by atoms with Crippen molar-refractivity contribution in [3.8, 4) is 0 Å². The Kier molecular flexibility index (Phi) is 3.94. The molecule has 1 amide bonds. The van der Waals surface area contributed by atoms with E-state index in [0.717, 1.165) is 16.7 Å². The molecule has 0 saturated carbocycles. The van der Waals surface area contributed by atoms with Crippen LogP contribution in [0.15, 0.2) is 18.2 Å². The average Bonchev–Trinajstić information content (AvgIpc) is 2.27. The van der Waals surface area contributed by atoms with Crippen molar-refractivity contribution in [2.75, 3.05) is 13.7 Å². The minimum absolute atomic E-state index is 0.0420. The summed E-state index contributed by atoms with van der Waals surface area (Å²) in [7, 11) is 1.73. The molecule has 3 nitrogen and oxygen atoms in total. The Labute approximate surface area is 103 Å². The molecule has 1 rings (SSSR count). The number of aliphatic hydroxyl groups is 1. The zero-order valence-electron chi connectivity index (χ0n) is 11.2. The van der Waals surface area contributed by atoms with Gasteiger partial charge in [-0.3, -0.25) is 4.79 Å². The summed E-state index contributed by atoms with van der Waals surface area (Å²) in [6, 6.07) is 5.80. The van der Waals surface area contributed by atoms with Gasteiger partial charge in [0.05, 0.1) is 12.1 Å². The summed E-state index contributed by atoms with van der Waals surface area (Å²) in [5.41, 5.74) is 2.12. The van der Waals surface area contributed by atoms with Gasteiger partial charge in [0.1, 0.15) is 0 Å². The molecule has 0 spiro atoms. The van der Waals surface area contributed by atoms with Crippen LogP contribution in [0.3, 0.4) is 0 Å². The maximum atomic E-state index is 12.4. The fourth-order valence-electron chi connectivity index (χ4n) is 1.70. The minimum atomic E-state index is -0.550. The summed E-state index contributed by atoms with van der Waals surface area (Å²) >= 11 is 0. The zero-order chi connectivity index (χ0) is 13.2. The van der Waals surface area contributed by atoms with Gasteiger partial charge in [-0.15, -0.1) is 0 Å². The topological polar surface area (TPSA) is 40.5 Å². The maximum Gasteiger partial charge on any atom is 0.254 e. The van der Waals surface area contributed by atoms with Gasteiger partial charge in [0.15, 0.2) is 0 Å². The number of rotatable bonds is 3. The Morgan fingerprint density at radius 1 is 1.29 bits per heavy atom. The molecule has 1 N–H and O–H groups in total. The summed E-state index contributed by atoms with van der Waals surface area (Å²) in [5.74, 6) is -0.0420. The molecule has 0 heterocycles. The van der Waals surface area contributed by atoms with Gasteiger partial charge >= 0.3 is 0 Å². The first-order valence-corrected chi connectivity index (χ1v) is 5.76. The van der Waals surface area contributed by atoms with Crippen molar-refractivity contribution in [1.29, 1.82) is 0 Å². The molecule has 0 aliphatic rings. The molecule has 0 unspecified atom stereocenters. The number of carbonyl (C=O) groups is 1. The molecular formula is C14H21NO2. The molecule has 1 aromatic carbocycles. The average molecular weight is 235 g/mol. The normalized spacial score (nSPS) is 11.4. The Morgan fingerprint density at radius 3 is 2.18 bits per heavy atom. The number of benzene rings is 1. The third kappa shape index (κ3) is 2.67. The second-order valence-electron chi connectivity index (χ2n) is 5.10. The summed E-state index contributed by atoms with van der Waals surface area (Å²) in [6.07, 6.45) is 0. The van der Waals surface area contributed by atoms with Crippen molar-refractivity contribution in [2.24, 2.45) is 0 Å². The highest BCUT2D eigenvalue weighted by Crippen LogP contribution is 2.20. The molecule has 0 aliphatic heterocycles. The monoisotopic (exact) mass is 235 g/mol. The molecule has 3 heteroatoms. The highest BCUT2D eigenvalue weighted by Gasteiger charge is 2.28. The predicted molar refractivity (Wildman–Crippen MR) is 69.2 cm³/mol. The number of nitrogens with zero attached hydrogens (tertiary/aromatic N) is 1. The van der Waals surface area contributed by atoms with Crippen LogP contribution in [-0.4, -0.2) is 35.1 Å². The number of carbonyl (C=O) groups excluding carboxylic acids is 1. The van der Waals surface area contributed by atoms with E-state index in [9.17, 15) is 9.90 Å². The lowest BCUT2D eigenvalue weighted by atomic mass is 9.98. The van der Waals surface area contributed by atoms with E-state index in [1.165, 1.54) is 0 Å². The third-order valence-corrected chi connectivity index (χ3v) is 3.29. The van der Waals surface area contributed by atoms with Gasteiger partial charge in [-0.05, 0) is 38.8 Å². The molecule has 0 saturated heterocycles. The first kappa shape index (κ1) is 13.7. The van der Waals surface area contributed by atoms with Gasteiger partial charge in [0.2, 0.25) is 0 Å². The molecule has 0 fully saturated rings. The van der Waals surface area contributed by atoms with E-state index < -0.39 is 5.54 Å². The van der Waals surface area contributed by atoms with E-state index >= 15 is 0 Å². The van der Waals surface area contributed by atoms with Crippen LogP contribution in [0.5, 0.6) is 0 Å². The van der Waals surface area contributed by atoms with Crippen LogP contribution in [0.4, 0.5) is 0 Å². The predicted octanol–water partition coefficient (Wildman–Crippen LogP) is 2.15. The maximum absolute atomic E-state index is 12.4. The van der Waals surface area contributed by atoms with Gasteiger partial charge in [-0.25, -0.2) is 0 Å². The molecule has 0 aromatic heterocycles. The quantitative estimate of drug-likeness (QED) is 0.872. The van der Waals surface area contributed by atoms with Gasteiger partial charge in [0, 0.05) is 12.6 Å². The van der Waals surface area contributed by atoms with Crippen molar-refractivity contribution in [2.45, 2.75) is 33.2 Å². The summed E-state index contributed by atoms with van der Waals surface area (Å²) in [4.78, 5) is 14.0. The Bertz CT molecular complexity index is 404. The van der Waals surface area contributed by atoms with Crippen LogP contribution in [0, 0.1) is 13.8 Å². The molecule has 0 aliphatic carbocycles. The summed E-state index contributed by atoms with van der Waals surface area (Å²) < 4.78 is 0. The van der Waals surface area contributed by atoms with Crippen molar-refractivity contribution in [3.05, 3.63) is 34.9 Å². The van der Waals surface area contributed by atoms with Gasteiger partial charge < -0.3 is 10.0 Å². The van der Waals surface area contributed by atoms with Crippen LogP contribution in [0.1, 0.15) is 35.3 Å². The van der Waals surface area contributed by atoms with E-state index in [2.05, 4.69) is 0 Å². The first-order chi connectivity index (χ1) is 7.81. The van der Waals surface area contributed by atoms with Gasteiger partial charge in [0.25, 0.3) is 5.91 Å². The fraction of sp³-hybridized carbons (Fsp3) is 0.500. The number of aryl methyl sites for hydroxylation is 2. The molecule has 0 atom stereocenters. The van der Waals surface area contributed by atoms with Crippen LogP contribution < -0.4 is 0 Å². The van der Waals surface area contributed by atoms with E-state index in [1.54, 1.807) is 11.9 Å². The second-order valence-corrected chi connectivity index (χ2v) is 5.10. The number of hydrogen-bond donors (Lipinski definition) is 1. The van der Waals surface area contributed by atoms with Crippen molar-refractivity contribution in [3.63, 3.8) is 0 Å². The Morgan fingerprint density at radius 2 is 1.76 bits per heavy atom.